The molecule has 1 unspecified atom stereocenters. The van der Waals surface area contributed by atoms with Gasteiger partial charge in [-0.15, -0.1) is 0 Å². The first-order chi connectivity index (χ1) is 10.3. The molecule has 0 aromatic heterocycles. The van der Waals surface area contributed by atoms with Crippen LogP contribution in [0, 0.1) is 5.92 Å². The molecule has 2 N–H and O–H groups in total. The number of para-hydroxylation sites is 1. The summed E-state index contributed by atoms with van der Waals surface area (Å²) in [6, 6.07) is 10.1. The molecule has 1 aromatic carbocycles. The van der Waals surface area contributed by atoms with Crippen LogP contribution in [0.25, 0.3) is 0 Å². The third kappa shape index (κ3) is 3.26. The van der Waals surface area contributed by atoms with Gasteiger partial charge in [-0.2, -0.15) is 0 Å². The minimum atomic E-state index is 0.290. The van der Waals surface area contributed by atoms with Gasteiger partial charge in [0, 0.05) is 24.3 Å². The maximum Gasteiger partial charge on any atom is 0.0401 e. The van der Waals surface area contributed by atoms with Crippen LogP contribution in [0.1, 0.15) is 57.4 Å². The van der Waals surface area contributed by atoms with Crippen molar-refractivity contribution in [3.8, 4) is 0 Å². The van der Waals surface area contributed by atoms with Crippen LogP contribution in [0.4, 0.5) is 5.69 Å². The minimum Gasteiger partial charge on any atom is -0.368 e. The molecule has 0 amide bonds. The highest BCUT2D eigenvalue weighted by molar-refractivity contribution is 5.55. The predicted molar refractivity (Wildman–Crippen MR) is 90.7 cm³/mol. The Balaban J connectivity index is 1.84. The van der Waals surface area contributed by atoms with E-state index in [0.29, 0.717) is 0 Å². The quantitative estimate of drug-likeness (QED) is 0.902. The number of nitrogens with zero attached hydrogens (tertiary/aromatic N) is 1. The molecule has 3 rings (SSSR count). The van der Waals surface area contributed by atoms with Gasteiger partial charge in [-0.1, -0.05) is 38.0 Å². The van der Waals surface area contributed by atoms with E-state index in [2.05, 4.69) is 36.1 Å². The van der Waals surface area contributed by atoms with Crippen LogP contribution in [0.3, 0.4) is 0 Å². The molecule has 0 bridgehead atoms. The number of anilines is 1. The predicted octanol–water partition coefficient (Wildman–Crippen LogP) is 4.13. The number of hydrogen-bond acceptors (Lipinski definition) is 2. The number of rotatable bonds is 4. The zero-order valence-corrected chi connectivity index (χ0v) is 13.4. The Labute approximate surface area is 129 Å². The van der Waals surface area contributed by atoms with Crippen molar-refractivity contribution in [2.45, 2.75) is 70.4 Å². The molecule has 3 atom stereocenters. The summed E-state index contributed by atoms with van der Waals surface area (Å²) in [6.45, 7) is 3.42. The van der Waals surface area contributed by atoms with Gasteiger partial charge in [-0.25, -0.2) is 0 Å². The van der Waals surface area contributed by atoms with Gasteiger partial charge in [0.25, 0.3) is 0 Å². The Morgan fingerprint density at radius 2 is 1.90 bits per heavy atom. The first kappa shape index (κ1) is 14.9. The van der Waals surface area contributed by atoms with E-state index in [0.717, 1.165) is 24.8 Å². The highest BCUT2D eigenvalue weighted by Crippen LogP contribution is 2.38. The SMILES string of the molecule is CCC(N)Cc1ccccc1N1CCC[C@H]2CCCC[C@H]21. The highest BCUT2D eigenvalue weighted by Gasteiger charge is 2.33. The molecule has 2 heteroatoms. The molecular weight excluding hydrogens is 256 g/mol. The van der Waals surface area contributed by atoms with Gasteiger partial charge >= 0.3 is 0 Å². The smallest absolute Gasteiger partial charge is 0.0401 e. The van der Waals surface area contributed by atoms with Crippen LogP contribution in [0.15, 0.2) is 24.3 Å². The average molecular weight is 286 g/mol. The van der Waals surface area contributed by atoms with E-state index >= 15 is 0 Å². The zero-order valence-electron chi connectivity index (χ0n) is 13.4. The summed E-state index contributed by atoms with van der Waals surface area (Å²) >= 11 is 0. The number of nitrogens with two attached hydrogens (primary N) is 1. The molecule has 0 spiro atoms. The molecular formula is C19H30N2. The molecule has 0 radical (unpaired) electrons. The maximum absolute atomic E-state index is 6.22. The van der Waals surface area contributed by atoms with Gasteiger partial charge in [0.2, 0.25) is 0 Å². The molecule has 1 saturated carbocycles. The zero-order chi connectivity index (χ0) is 14.7. The summed E-state index contributed by atoms with van der Waals surface area (Å²) in [5, 5.41) is 0. The molecule has 2 nitrogen and oxygen atoms in total. The Morgan fingerprint density at radius 3 is 2.76 bits per heavy atom. The van der Waals surface area contributed by atoms with Crippen LogP contribution >= 0.6 is 0 Å². The van der Waals surface area contributed by atoms with E-state index in [1.807, 2.05) is 0 Å². The van der Waals surface area contributed by atoms with Gasteiger partial charge in [0.1, 0.15) is 0 Å². The first-order valence-electron chi connectivity index (χ1n) is 8.89. The lowest BCUT2D eigenvalue weighted by Crippen LogP contribution is -2.47. The number of piperidine rings is 1. The van der Waals surface area contributed by atoms with E-state index in [1.165, 1.54) is 56.3 Å². The van der Waals surface area contributed by atoms with Crippen molar-refractivity contribution in [3.05, 3.63) is 29.8 Å². The lowest BCUT2D eigenvalue weighted by Gasteiger charge is -2.46. The second kappa shape index (κ2) is 6.83. The third-order valence-corrected chi connectivity index (χ3v) is 5.55. The fraction of sp³-hybridized carbons (Fsp3) is 0.684. The topological polar surface area (TPSA) is 29.3 Å². The normalized spacial score (nSPS) is 27.2. The fourth-order valence-corrected chi connectivity index (χ4v) is 4.31. The van der Waals surface area contributed by atoms with Crippen LogP contribution in [-0.2, 0) is 6.42 Å². The number of hydrogen-bond donors (Lipinski definition) is 1. The fourth-order valence-electron chi connectivity index (χ4n) is 4.31. The van der Waals surface area contributed by atoms with Crippen molar-refractivity contribution >= 4 is 5.69 Å². The molecule has 21 heavy (non-hydrogen) atoms. The van der Waals surface area contributed by atoms with Gasteiger partial charge < -0.3 is 10.6 Å². The van der Waals surface area contributed by atoms with E-state index < -0.39 is 0 Å². The van der Waals surface area contributed by atoms with E-state index in [4.69, 9.17) is 5.73 Å². The van der Waals surface area contributed by atoms with Crippen molar-refractivity contribution in [1.82, 2.24) is 0 Å². The van der Waals surface area contributed by atoms with Gasteiger partial charge in [-0.3, -0.25) is 0 Å². The van der Waals surface area contributed by atoms with Gasteiger partial charge in [-0.05, 0) is 56.1 Å². The molecule has 116 valence electrons. The van der Waals surface area contributed by atoms with Crippen molar-refractivity contribution in [1.29, 1.82) is 0 Å². The largest absolute Gasteiger partial charge is 0.368 e. The number of fused-ring (bicyclic) bond motifs is 1. The van der Waals surface area contributed by atoms with Crippen LogP contribution in [-0.4, -0.2) is 18.6 Å². The number of benzene rings is 1. The summed E-state index contributed by atoms with van der Waals surface area (Å²) in [5.41, 5.74) is 9.14. The molecule has 2 aliphatic rings. The second-order valence-corrected chi connectivity index (χ2v) is 6.95. The summed E-state index contributed by atoms with van der Waals surface area (Å²) < 4.78 is 0. The third-order valence-electron chi connectivity index (χ3n) is 5.55. The van der Waals surface area contributed by atoms with E-state index in [1.54, 1.807) is 0 Å². The Morgan fingerprint density at radius 1 is 1.14 bits per heavy atom. The summed E-state index contributed by atoms with van der Waals surface area (Å²) in [6.07, 6.45) is 10.6. The van der Waals surface area contributed by atoms with Crippen molar-refractivity contribution < 1.29 is 0 Å². The van der Waals surface area contributed by atoms with Crippen LogP contribution in [0.2, 0.25) is 0 Å². The van der Waals surface area contributed by atoms with Crippen molar-refractivity contribution in [3.63, 3.8) is 0 Å². The highest BCUT2D eigenvalue weighted by atomic mass is 15.2. The Kier molecular flexibility index (Phi) is 4.84. The summed E-state index contributed by atoms with van der Waals surface area (Å²) in [4.78, 5) is 2.73. The molecule has 1 aromatic rings. The van der Waals surface area contributed by atoms with E-state index in [9.17, 15) is 0 Å². The molecule has 2 fully saturated rings. The lowest BCUT2D eigenvalue weighted by atomic mass is 9.78. The van der Waals surface area contributed by atoms with Crippen LogP contribution in [0.5, 0.6) is 0 Å². The lowest BCUT2D eigenvalue weighted by molar-refractivity contribution is 0.243. The second-order valence-electron chi connectivity index (χ2n) is 6.95. The Bertz CT molecular complexity index is 455. The van der Waals surface area contributed by atoms with Crippen molar-refractivity contribution in [2.24, 2.45) is 11.7 Å². The standard InChI is InChI=1S/C19H30N2/c1-2-17(20)14-16-9-4-6-12-19(16)21-13-7-10-15-8-3-5-11-18(15)21/h4,6,9,12,15,17-18H,2-3,5,7-8,10-11,13-14,20H2,1H3/t15-,17?,18-/m1/s1. The van der Waals surface area contributed by atoms with Crippen molar-refractivity contribution in [2.75, 3.05) is 11.4 Å². The summed E-state index contributed by atoms with van der Waals surface area (Å²) in [5.74, 6) is 0.931. The van der Waals surface area contributed by atoms with Gasteiger partial charge in [0.15, 0.2) is 0 Å². The monoisotopic (exact) mass is 286 g/mol. The first-order valence-corrected chi connectivity index (χ1v) is 8.89. The molecule has 1 heterocycles. The average Bonchev–Trinajstić information content (AvgIpc) is 2.55. The van der Waals surface area contributed by atoms with Gasteiger partial charge in [0.05, 0.1) is 0 Å². The maximum atomic E-state index is 6.22. The van der Waals surface area contributed by atoms with Crippen LogP contribution < -0.4 is 10.6 Å². The molecule has 1 aliphatic carbocycles. The molecule has 1 saturated heterocycles. The Hall–Kier alpha value is -1.02. The van der Waals surface area contributed by atoms with E-state index in [-0.39, 0.29) is 6.04 Å². The molecule has 1 aliphatic heterocycles. The minimum absolute atomic E-state index is 0.290. The summed E-state index contributed by atoms with van der Waals surface area (Å²) in [7, 11) is 0.